The molecule has 0 atom stereocenters. The SMILES string of the molecule is N#CCCN(C(=O)COC(=O)/C=C/c1ccc2c(c1)OCCCO2)c1ccccc1. The lowest BCUT2D eigenvalue weighted by atomic mass is 10.2. The maximum absolute atomic E-state index is 12.5. The highest BCUT2D eigenvalue weighted by atomic mass is 16.5. The van der Waals surface area contributed by atoms with Crippen LogP contribution in [0.15, 0.2) is 54.6 Å². The first-order valence-electron chi connectivity index (χ1n) is 9.64. The van der Waals surface area contributed by atoms with Gasteiger partial charge in [-0.05, 0) is 35.9 Å². The van der Waals surface area contributed by atoms with Gasteiger partial charge in [0.25, 0.3) is 5.91 Å². The zero-order valence-electron chi connectivity index (χ0n) is 16.5. The van der Waals surface area contributed by atoms with Gasteiger partial charge in [-0.25, -0.2) is 4.79 Å². The molecule has 1 amide bonds. The summed E-state index contributed by atoms with van der Waals surface area (Å²) >= 11 is 0. The molecular weight excluding hydrogens is 384 g/mol. The van der Waals surface area contributed by atoms with E-state index in [2.05, 4.69) is 0 Å². The molecule has 0 radical (unpaired) electrons. The van der Waals surface area contributed by atoms with Crippen LogP contribution in [0.25, 0.3) is 6.08 Å². The highest BCUT2D eigenvalue weighted by Gasteiger charge is 2.17. The largest absolute Gasteiger partial charge is 0.490 e. The molecule has 0 aliphatic carbocycles. The van der Waals surface area contributed by atoms with Crippen LogP contribution in [-0.4, -0.2) is 38.2 Å². The van der Waals surface area contributed by atoms with Gasteiger partial charge in [-0.3, -0.25) is 4.79 Å². The minimum absolute atomic E-state index is 0.179. The van der Waals surface area contributed by atoms with Crippen molar-refractivity contribution in [2.75, 3.05) is 31.3 Å². The van der Waals surface area contributed by atoms with E-state index in [0.717, 1.165) is 12.0 Å². The van der Waals surface area contributed by atoms with Crippen LogP contribution in [0.3, 0.4) is 0 Å². The van der Waals surface area contributed by atoms with Crippen LogP contribution >= 0.6 is 0 Å². The number of amides is 1. The van der Waals surface area contributed by atoms with Gasteiger partial charge in [0.15, 0.2) is 18.1 Å². The molecule has 0 saturated carbocycles. The molecule has 0 fully saturated rings. The van der Waals surface area contributed by atoms with E-state index in [1.54, 1.807) is 42.5 Å². The molecule has 7 nitrogen and oxygen atoms in total. The molecule has 0 spiro atoms. The Morgan fingerprint density at radius 1 is 1.10 bits per heavy atom. The number of para-hydroxylation sites is 1. The maximum atomic E-state index is 12.5. The fraction of sp³-hybridized carbons (Fsp3) is 0.261. The van der Waals surface area contributed by atoms with E-state index in [0.29, 0.717) is 30.4 Å². The van der Waals surface area contributed by atoms with Crippen LogP contribution in [0, 0.1) is 11.3 Å². The summed E-state index contributed by atoms with van der Waals surface area (Å²) in [6.45, 7) is 1.000. The van der Waals surface area contributed by atoms with Gasteiger partial charge in [0.1, 0.15) is 0 Å². The number of nitrogens with zero attached hydrogens (tertiary/aromatic N) is 2. The van der Waals surface area contributed by atoms with Crippen molar-refractivity contribution >= 4 is 23.6 Å². The van der Waals surface area contributed by atoms with Gasteiger partial charge in [0.2, 0.25) is 0 Å². The summed E-state index contributed by atoms with van der Waals surface area (Å²) in [5.74, 6) is 0.280. The Kier molecular flexibility index (Phi) is 7.45. The number of carbonyl (C=O) groups is 2. The van der Waals surface area contributed by atoms with E-state index in [9.17, 15) is 9.59 Å². The van der Waals surface area contributed by atoms with Gasteiger partial charge in [0.05, 0.1) is 25.7 Å². The van der Waals surface area contributed by atoms with E-state index in [1.807, 2.05) is 18.2 Å². The second-order valence-electron chi connectivity index (χ2n) is 6.49. The van der Waals surface area contributed by atoms with Crippen molar-refractivity contribution in [3.63, 3.8) is 0 Å². The number of nitriles is 1. The standard InChI is InChI=1S/C23H22N2O5/c24-12-4-13-25(19-6-2-1-3-7-19)22(26)17-30-23(27)11-9-18-8-10-20-21(16-18)29-15-5-14-28-20/h1-3,6-11,16H,4-5,13-15,17H2/b11-9+. The lowest BCUT2D eigenvalue weighted by Gasteiger charge is -2.21. The van der Waals surface area contributed by atoms with Crippen LogP contribution < -0.4 is 14.4 Å². The van der Waals surface area contributed by atoms with E-state index in [4.69, 9.17) is 19.5 Å². The molecule has 30 heavy (non-hydrogen) atoms. The summed E-state index contributed by atoms with van der Waals surface area (Å²) in [4.78, 5) is 26.0. The van der Waals surface area contributed by atoms with Crippen molar-refractivity contribution in [1.29, 1.82) is 5.26 Å². The van der Waals surface area contributed by atoms with E-state index < -0.39 is 18.5 Å². The molecule has 0 bridgehead atoms. The summed E-state index contributed by atoms with van der Waals surface area (Å²) in [5, 5.41) is 8.83. The number of benzene rings is 2. The third-order valence-electron chi connectivity index (χ3n) is 4.34. The average molecular weight is 406 g/mol. The minimum Gasteiger partial charge on any atom is -0.490 e. The Bertz CT molecular complexity index is 950. The topological polar surface area (TPSA) is 88.9 Å². The van der Waals surface area contributed by atoms with E-state index in [-0.39, 0.29) is 13.0 Å². The minimum atomic E-state index is -0.635. The monoisotopic (exact) mass is 406 g/mol. The molecule has 2 aromatic rings. The van der Waals surface area contributed by atoms with Gasteiger partial charge < -0.3 is 19.1 Å². The number of esters is 1. The molecule has 3 rings (SSSR count). The first-order chi connectivity index (χ1) is 14.7. The normalized spacial score (nSPS) is 12.6. The predicted octanol–water partition coefficient (Wildman–Crippen LogP) is 3.35. The predicted molar refractivity (Wildman–Crippen MR) is 111 cm³/mol. The average Bonchev–Trinajstić information content (AvgIpc) is 3.02. The number of carbonyl (C=O) groups excluding carboxylic acids is 2. The van der Waals surface area contributed by atoms with Gasteiger partial charge in [-0.1, -0.05) is 24.3 Å². The Hall–Kier alpha value is -3.79. The number of anilines is 1. The van der Waals surface area contributed by atoms with Crippen LogP contribution in [0.1, 0.15) is 18.4 Å². The summed E-state index contributed by atoms with van der Waals surface area (Å²) < 4.78 is 16.3. The van der Waals surface area contributed by atoms with Gasteiger partial charge >= 0.3 is 5.97 Å². The van der Waals surface area contributed by atoms with E-state index in [1.165, 1.54) is 11.0 Å². The molecular formula is C23H22N2O5. The molecule has 0 unspecified atom stereocenters. The second kappa shape index (κ2) is 10.7. The first kappa shape index (κ1) is 20.9. The number of rotatable bonds is 7. The Labute approximate surface area is 175 Å². The summed E-state index contributed by atoms with van der Waals surface area (Å²) in [7, 11) is 0. The van der Waals surface area contributed by atoms with Crippen molar-refractivity contribution in [2.24, 2.45) is 0 Å². The van der Waals surface area contributed by atoms with Crippen LogP contribution in [0.2, 0.25) is 0 Å². The molecule has 0 N–H and O–H groups in total. The van der Waals surface area contributed by atoms with Gasteiger partial charge in [-0.15, -0.1) is 0 Å². The van der Waals surface area contributed by atoms with Crippen molar-refractivity contribution in [2.45, 2.75) is 12.8 Å². The molecule has 7 heteroatoms. The Balaban J connectivity index is 1.57. The lowest BCUT2D eigenvalue weighted by molar-refractivity contribution is -0.142. The molecule has 1 heterocycles. The fourth-order valence-corrected chi connectivity index (χ4v) is 2.87. The Morgan fingerprint density at radius 2 is 1.87 bits per heavy atom. The number of fused-ring (bicyclic) bond motifs is 1. The smallest absolute Gasteiger partial charge is 0.331 e. The molecule has 0 aromatic heterocycles. The second-order valence-corrected chi connectivity index (χ2v) is 6.49. The zero-order chi connectivity index (χ0) is 21.2. The maximum Gasteiger partial charge on any atom is 0.331 e. The van der Waals surface area contributed by atoms with Crippen molar-refractivity contribution < 1.29 is 23.8 Å². The first-order valence-corrected chi connectivity index (χ1v) is 9.64. The molecule has 154 valence electrons. The zero-order valence-corrected chi connectivity index (χ0v) is 16.5. The number of hydrogen-bond acceptors (Lipinski definition) is 6. The molecule has 0 saturated heterocycles. The number of ether oxygens (including phenoxy) is 3. The number of hydrogen-bond donors (Lipinski definition) is 0. The summed E-state index contributed by atoms with van der Waals surface area (Å²) in [6, 6.07) is 16.4. The van der Waals surface area contributed by atoms with Crippen molar-refractivity contribution in [3.8, 4) is 17.6 Å². The van der Waals surface area contributed by atoms with Gasteiger partial charge in [-0.2, -0.15) is 5.26 Å². The van der Waals surface area contributed by atoms with Crippen LogP contribution in [0.5, 0.6) is 11.5 Å². The van der Waals surface area contributed by atoms with Crippen molar-refractivity contribution in [3.05, 3.63) is 60.2 Å². The van der Waals surface area contributed by atoms with Crippen LogP contribution in [-0.2, 0) is 14.3 Å². The van der Waals surface area contributed by atoms with E-state index >= 15 is 0 Å². The third kappa shape index (κ3) is 5.85. The molecule has 1 aliphatic rings. The summed E-state index contributed by atoms with van der Waals surface area (Å²) in [6.07, 6.45) is 3.84. The molecule has 1 aliphatic heterocycles. The Morgan fingerprint density at radius 3 is 2.63 bits per heavy atom. The van der Waals surface area contributed by atoms with Crippen LogP contribution in [0.4, 0.5) is 5.69 Å². The van der Waals surface area contributed by atoms with Crippen molar-refractivity contribution in [1.82, 2.24) is 0 Å². The third-order valence-corrected chi connectivity index (χ3v) is 4.34. The summed E-state index contributed by atoms with van der Waals surface area (Å²) in [5.41, 5.74) is 1.40. The van der Waals surface area contributed by atoms with Gasteiger partial charge in [0, 0.05) is 24.7 Å². The fourth-order valence-electron chi connectivity index (χ4n) is 2.87. The highest BCUT2D eigenvalue weighted by Crippen LogP contribution is 2.30. The quantitative estimate of drug-likeness (QED) is 0.518. The highest BCUT2D eigenvalue weighted by molar-refractivity contribution is 5.96. The lowest BCUT2D eigenvalue weighted by Crippen LogP contribution is -2.35. The molecule has 2 aromatic carbocycles.